The second-order valence-electron chi connectivity index (χ2n) is 6.09. The maximum absolute atomic E-state index is 11.8. The first-order chi connectivity index (χ1) is 9.58. The molecule has 1 amide bonds. The predicted octanol–water partition coefficient (Wildman–Crippen LogP) is 2.59. The molecule has 2 rings (SSSR count). The molecule has 2 N–H and O–H groups in total. The fourth-order valence-electron chi connectivity index (χ4n) is 2.62. The number of amides is 1. The SMILES string of the molecule is CC1(C)CCCNC1CNC(=O)/C=C/c1ccccc1. The predicted molar refractivity (Wildman–Crippen MR) is 83.3 cm³/mol. The zero-order chi connectivity index (χ0) is 14.4. The molecule has 1 aliphatic heterocycles. The first-order valence-corrected chi connectivity index (χ1v) is 7.32. The minimum absolute atomic E-state index is 0.0305. The average Bonchev–Trinajstić information content (AvgIpc) is 2.44. The monoisotopic (exact) mass is 272 g/mol. The van der Waals surface area contributed by atoms with Crippen LogP contribution in [0.15, 0.2) is 36.4 Å². The van der Waals surface area contributed by atoms with Gasteiger partial charge in [0.25, 0.3) is 0 Å². The molecule has 0 aliphatic carbocycles. The molecule has 20 heavy (non-hydrogen) atoms. The summed E-state index contributed by atoms with van der Waals surface area (Å²) >= 11 is 0. The minimum Gasteiger partial charge on any atom is -0.351 e. The molecular weight excluding hydrogens is 248 g/mol. The third-order valence-corrected chi connectivity index (χ3v) is 4.04. The molecule has 1 aliphatic rings. The van der Waals surface area contributed by atoms with Crippen LogP contribution in [0.3, 0.4) is 0 Å². The van der Waals surface area contributed by atoms with E-state index < -0.39 is 0 Å². The number of nitrogens with one attached hydrogen (secondary N) is 2. The summed E-state index contributed by atoms with van der Waals surface area (Å²) in [7, 11) is 0. The van der Waals surface area contributed by atoms with Crippen LogP contribution >= 0.6 is 0 Å². The van der Waals surface area contributed by atoms with E-state index in [2.05, 4.69) is 24.5 Å². The summed E-state index contributed by atoms with van der Waals surface area (Å²) in [6, 6.07) is 10.2. The van der Waals surface area contributed by atoms with Crippen LogP contribution in [0.5, 0.6) is 0 Å². The zero-order valence-corrected chi connectivity index (χ0v) is 12.4. The molecule has 1 aromatic carbocycles. The Morgan fingerprint density at radius 3 is 2.85 bits per heavy atom. The van der Waals surface area contributed by atoms with Crippen molar-refractivity contribution >= 4 is 12.0 Å². The first-order valence-electron chi connectivity index (χ1n) is 7.32. The number of rotatable bonds is 4. The van der Waals surface area contributed by atoms with Gasteiger partial charge in [-0.05, 0) is 36.4 Å². The van der Waals surface area contributed by atoms with Gasteiger partial charge in [0.1, 0.15) is 0 Å². The molecule has 0 aromatic heterocycles. The second kappa shape index (κ2) is 6.71. The van der Waals surface area contributed by atoms with Crippen molar-refractivity contribution in [3.8, 4) is 0 Å². The van der Waals surface area contributed by atoms with E-state index in [1.807, 2.05) is 36.4 Å². The van der Waals surface area contributed by atoms with E-state index in [9.17, 15) is 4.79 Å². The van der Waals surface area contributed by atoms with Crippen molar-refractivity contribution in [1.82, 2.24) is 10.6 Å². The lowest BCUT2D eigenvalue weighted by Crippen LogP contribution is -2.52. The third-order valence-electron chi connectivity index (χ3n) is 4.04. The standard InChI is InChI=1S/C17H24N2O/c1-17(2)11-6-12-18-15(17)13-19-16(20)10-9-14-7-4-3-5-8-14/h3-5,7-10,15,18H,6,11-13H2,1-2H3,(H,19,20)/b10-9+. The highest BCUT2D eigenvalue weighted by Gasteiger charge is 2.31. The normalized spacial score (nSPS) is 21.8. The van der Waals surface area contributed by atoms with Crippen molar-refractivity contribution in [2.75, 3.05) is 13.1 Å². The molecule has 1 saturated heterocycles. The van der Waals surface area contributed by atoms with Crippen LogP contribution in [0.1, 0.15) is 32.3 Å². The maximum atomic E-state index is 11.8. The number of carbonyl (C=O) groups excluding carboxylic acids is 1. The van der Waals surface area contributed by atoms with Gasteiger partial charge in [-0.2, -0.15) is 0 Å². The molecule has 1 fully saturated rings. The molecule has 108 valence electrons. The molecule has 0 radical (unpaired) electrons. The number of piperidine rings is 1. The lowest BCUT2D eigenvalue weighted by molar-refractivity contribution is -0.116. The van der Waals surface area contributed by atoms with Crippen LogP contribution < -0.4 is 10.6 Å². The first kappa shape index (κ1) is 14.8. The van der Waals surface area contributed by atoms with Gasteiger partial charge in [-0.25, -0.2) is 0 Å². The number of carbonyl (C=O) groups is 1. The number of hydrogen-bond acceptors (Lipinski definition) is 2. The highest BCUT2D eigenvalue weighted by molar-refractivity contribution is 5.91. The summed E-state index contributed by atoms with van der Waals surface area (Å²) in [6.07, 6.45) is 5.87. The maximum Gasteiger partial charge on any atom is 0.244 e. The summed E-state index contributed by atoms with van der Waals surface area (Å²) < 4.78 is 0. The van der Waals surface area contributed by atoms with Gasteiger partial charge in [0.15, 0.2) is 0 Å². The zero-order valence-electron chi connectivity index (χ0n) is 12.4. The van der Waals surface area contributed by atoms with E-state index in [1.165, 1.54) is 12.8 Å². The van der Waals surface area contributed by atoms with Gasteiger partial charge in [0, 0.05) is 18.7 Å². The number of hydrogen-bond donors (Lipinski definition) is 2. The Morgan fingerprint density at radius 1 is 1.40 bits per heavy atom. The Balaban J connectivity index is 1.82. The summed E-state index contributed by atoms with van der Waals surface area (Å²) in [6.45, 7) is 6.25. The van der Waals surface area contributed by atoms with Crippen LogP contribution in [-0.4, -0.2) is 25.0 Å². The van der Waals surface area contributed by atoms with Crippen molar-refractivity contribution in [3.63, 3.8) is 0 Å². The molecule has 0 saturated carbocycles. The Kier molecular flexibility index (Phi) is 4.96. The largest absolute Gasteiger partial charge is 0.351 e. The van der Waals surface area contributed by atoms with E-state index in [1.54, 1.807) is 6.08 Å². The molecule has 3 nitrogen and oxygen atoms in total. The van der Waals surface area contributed by atoms with Crippen LogP contribution in [0.2, 0.25) is 0 Å². The van der Waals surface area contributed by atoms with E-state index in [4.69, 9.17) is 0 Å². The Labute approximate surface area is 121 Å². The van der Waals surface area contributed by atoms with Crippen molar-refractivity contribution in [1.29, 1.82) is 0 Å². The summed E-state index contributed by atoms with van der Waals surface area (Å²) in [5.74, 6) is -0.0305. The minimum atomic E-state index is -0.0305. The van der Waals surface area contributed by atoms with Crippen LogP contribution in [0.4, 0.5) is 0 Å². The van der Waals surface area contributed by atoms with Gasteiger partial charge >= 0.3 is 0 Å². The third kappa shape index (κ3) is 4.20. The van der Waals surface area contributed by atoms with Crippen molar-refractivity contribution in [2.24, 2.45) is 5.41 Å². The fourth-order valence-corrected chi connectivity index (χ4v) is 2.62. The Hall–Kier alpha value is -1.61. The lowest BCUT2D eigenvalue weighted by atomic mass is 9.77. The summed E-state index contributed by atoms with van der Waals surface area (Å²) in [5.41, 5.74) is 1.29. The quantitative estimate of drug-likeness (QED) is 0.827. The van der Waals surface area contributed by atoms with Crippen LogP contribution in [0.25, 0.3) is 6.08 Å². The van der Waals surface area contributed by atoms with Gasteiger partial charge in [-0.1, -0.05) is 44.2 Å². The van der Waals surface area contributed by atoms with Crippen molar-refractivity contribution < 1.29 is 4.79 Å². The lowest BCUT2D eigenvalue weighted by Gasteiger charge is -2.39. The second-order valence-corrected chi connectivity index (χ2v) is 6.09. The fraction of sp³-hybridized carbons (Fsp3) is 0.471. The van der Waals surface area contributed by atoms with E-state index in [0.717, 1.165) is 12.1 Å². The smallest absolute Gasteiger partial charge is 0.244 e. The molecule has 0 bridgehead atoms. The van der Waals surface area contributed by atoms with E-state index >= 15 is 0 Å². The van der Waals surface area contributed by atoms with Crippen LogP contribution in [-0.2, 0) is 4.79 Å². The molecule has 1 heterocycles. The number of benzene rings is 1. The molecule has 1 atom stereocenters. The molecule has 0 spiro atoms. The topological polar surface area (TPSA) is 41.1 Å². The molecule has 1 aromatic rings. The van der Waals surface area contributed by atoms with Gasteiger partial charge in [0.2, 0.25) is 5.91 Å². The van der Waals surface area contributed by atoms with Crippen LogP contribution in [0, 0.1) is 5.41 Å². The Bertz CT molecular complexity index is 465. The van der Waals surface area contributed by atoms with Gasteiger partial charge < -0.3 is 10.6 Å². The Morgan fingerprint density at radius 2 is 2.15 bits per heavy atom. The highest BCUT2D eigenvalue weighted by Crippen LogP contribution is 2.29. The average molecular weight is 272 g/mol. The van der Waals surface area contributed by atoms with Gasteiger partial charge in [-0.3, -0.25) is 4.79 Å². The summed E-state index contributed by atoms with van der Waals surface area (Å²) in [4.78, 5) is 11.8. The molecular formula is C17H24N2O. The molecule has 3 heteroatoms. The van der Waals surface area contributed by atoms with E-state index in [-0.39, 0.29) is 11.3 Å². The van der Waals surface area contributed by atoms with E-state index in [0.29, 0.717) is 12.6 Å². The van der Waals surface area contributed by atoms with Crippen molar-refractivity contribution in [3.05, 3.63) is 42.0 Å². The molecule has 1 unspecified atom stereocenters. The van der Waals surface area contributed by atoms with Gasteiger partial charge in [-0.15, -0.1) is 0 Å². The van der Waals surface area contributed by atoms with Gasteiger partial charge in [0.05, 0.1) is 0 Å². The highest BCUT2D eigenvalue weighted by atomic mass is 16.1. The summed E-state index contributed by atoms with van der Waals surface area (Å²) in [5, 5.41) is 6.49. The van der Waals surface area contributed by atoms with Crippen molar-refractivity contribution in [2.45, 2.75) is 32.7 Å².